The Balaban J connectivity index is 2.05. The fraction of sp³-hybridized carbons (Fsp3) is 0.278. The summed E-state index contributed by atoms with van der Waals surface area (Å²) in [5.41, 5.74) is 3.13. The molecule has 0 amide bonds. The number of likely N-dealkylation sites (N-methyl/N-ethyl adjacent to an activating group) is 1. The number of aliphatic carboxylic acids is 1. The summed E-state index contributed by atoms with van der Waals surface area (Å²) in [7, 11) is 2.04. The van der Waals surface area contributed by atoms with E-state index in [1.807, 2.05) is 37.4 Å². The van der Waals surface area contributed by atoms with Crippen LogP contribution in [0.25, 0.3) is 0 Å². The third kappa shape index (κ3) is 2.51. The Hall–Kier alpha value is -2.29. The largest absolute Gasteiger partial charge is 0.481 e. The second kappa shape index (κ2) is 5.24. The van der Waals surface area contributed by atoms with Crippen molar-refractivity contribution in [2.75, 3.05) is 18.5 Å². The Labute approximate surface area is 124 Å². The molecule has 3 nitrogen and oxygen atoms in total. The van der Waals surface area contributed by atoms with Crippen molar-refractivity contribution in [2.24, 2.45) is 0 Å². The maximum absolute atomic E-state index is 11.4. The van der Waals surface area contributed by atoms with E-state index in [2.05, 4.69) is 29.2 Å². The lowest BCUT2D eigenvalue weighted by Gasteiger charge is -2.29. The van der Waals surface area contributed by atoms with Crippen molar-refractivity contribution in [3.8, 4) is 0 Å². The highest BCUT2D eigenvalue weighted by molar-refractivity contribution is 5.73. The van der Waals surface area contributed by atoms with Crippen LogP contribution in [-0.2, 0) is 16.6 Å². The van der Waals surface area contributed by atoms with Gasteiger partial charge in [-0.3, -0.25) is 4.79 Å². The number of hydrogen-bond acceptors (Lipinski definition) is 2. The van der Waals surface area contributed by atoms with E-state index in [9.17, 15) is 9.90 Å². The highest BCUT2D eigenvalue weighted by atomic mass is 16.4. The molecular formula is C18H19NO2. The maximum Gasteiger partial charge on any atom is 0.304 e. The van der Waals surface area contributed by atoms with Gasteiger partial charge in [0.1, 0.15) is 0 Å². The zero-order chi connectivity index (χ0) is 14.9. The monoisotopic (exact) mass is 281 g/mol. The molecule has 3 rings (SSSR count). The molecule has 1 atom stereocenters. The predicted octanol–water partition coefficient (Wildman–Crippen LogP) is 3.09. The van der Waals surface area contributed by atoms with Crippen LogP contribution in [-0.4, -0.2) is 24.7 Å². The molecule has 0 aliphatic carbocycles. The molecule has 0 aromatic heterocycles. The van der Waals surface area contributed by atoms with Gasteiger partial charge < -0.3 is 10.0 Å². The average molecular weight is 281 g/mol. The van der Waals surface area contributed by atoms with Gasteiger partial charge in [-0.15, -0.1) is 0 Å². The second-order valence-electron chi connectivity index (χ2n) is 5.89. The summed E-state index contributed by atoms with van der Waals surface area (Å²) in [4.78, 5) is 13.6. The van der Waals surface area contributed by atoms with Crippen molar-refractivity contribution in [3.05, 3.63) is 65.7 Å². The summed E-state index contributed by atoms with van der Waals surface area (Å²) in [6.45, 7) is 0.744. The molecule has 0 saturated heterocycles. The first-order valence-electron chi connectivity index (χ1n) is 7.17. The van der Waals surface area contributed by atoms with Crippen LogP contribution in [0.2, 0.25) is 0 Å². The summed E-state index contributed by atoms with van der Waals surface area (Å²) in [6, 6.07) is 18.3. The van der Waals surface area contributed by atoms with Crippen molar-refractivity contribution in [2.45, 2.75) is 18.3 Å². The highest BCUT2D eigenvalue weighted by Crippen LogP contribution is 2.44. The molecule has 0 radical (unpaired) electrons. The smallest absolute Gasteiger partial charge is 0.304 e. The lowest BCUT2D eigenvalue weighted by molar-refractivity contribution is -0.138. The van der Waals surface area contributed by atoms with Crippen LogP contribution >= 0.6 is 0 Å². The van der Waals surface area contributed by atoms with Crippen LogP contribution in [0.4, 0.5) is 5.69 Å². The van der Waals surface area contributed by atoms with Gasteiger partial charge in [-0.05, 0) is 23.6 Å². The zero-order valence-corrected chi connectivity index (χ0v) is 12.1. The predicted molar refractivity (Wildman–Crippen MR) is 83.8 cm³/mol. The van der Waals surface area contributed by atoms with Gasteiger partial charge in [0.15, 0.2) is 0 Å². The fourth-order valence-corrected chi connectivity index (χ4v) is 3.52. The highest BCUT2D eigenvalue weighted by Gasteiger charge is 2.43. The van der Waals surface area contributed by atoms with E-state index in [1.165, 1.54) is 5.56 Å². The first kappa shape index (κ1) is 13.7. The third-order valence-electron chi connectivity index (χ3n) is 4.30. The summed E-state index contributed by atoms with van der Waals surface area (Å²) >= 11 is 0. The molecule has 3 heteroatoms. The number of hydrogen-bond donors (Lipinski definition) is 1. The Morgan fingerprint density at radius 1 is 1.14 bits per heavy atom. The SMILES string of the molecule is CN1CC(CC(=O)O)(Cc2ccccc2)c2ccccc21. The number of carboxylic acids is 1. The molecular weight excluding hydrogens is 262 g/mol. The number of anilines is 1. The Morgan fingerprint density at radius 3 is 2.52 bits per heavy atom. The second-order valence-corrected chi connectivity index (χ2v) is 5.89. The summed E-state index contributed by atoms with van der Waals surface area (Å²) in [5.74, 6) is -0.740. The Kier molecular flexibility index (Phi) is 3.42. The molecule has 0 saturated carbocycles. The van der Waals surface area contributed by atoms with Gasteiger partial charge in [0, 0.05) is 24.7 Å². The van der Waals surface area contributed by atoms with E-state index in [1.54, 1.807) is 0 Å². The summed E-state index contributed by atoms with van der Waals surface area (Å²) in [5, 5.41) is 9.41. The van der Waals surface area contributed by atoms with Gasteiger partial charge in [0.05, 0.1) is 6.42 Å². The molecule has 1 aliphatic rings. The van der Waals surface area contributed by atoms with Gasteiger partial charge in [-0.25, -0.2) is 0 Å². The molecule has 1 unspecified atom stereocenters. The number of para-hydroxylation sites is 1. The molecule has 2 aromatic carbocycles. The number of nitrogens with zero attached hydrogens (tertiary/aromatic N) is 1. The van der Waals surface area contributed by atoms with E-state index in [0.29, 0.717) is 0 Å². The van der Waals surface area contributed by atoms with Crippen molar-refractivity contribution < 1.29 is 9.90 Å². The van der Waals surface area contributed by atoms with Gasteiger partial charge in [-0.1, -0.05) is 48.5 Å². The molecule has 1 N–H and O–H groups in total. The molecule has 108 valence electrons. The standard InChI is InChI=1S/C18H19NO2/c1-19-13-18(12-17(20)21,11-14-7-3-2-4-8-14)15-9-5-6-10-16(15)19/h2-10H,11-13H2,1H3,(H,20,21). The van der Waals surface area contributed by atoms with Crippen molar-refractivity contribution in [1.29, 1.82) is 0 Å². The minimum Gasteiger partial charge on any atom is -0.481 e. The van der Waals surface area contributed by atoms with Gasteiger partial charge in [0.25, 0.3) is 0 Å². The number of benzene rings is 2. The van der Waals surface area contributed by atoms with Crippen LogP contribution in [0.1, 0.15) is 17.5 Å². The normalized spacial score (nSPS) is 20.3. The number of rotatable bonds is 4. The van der Waals surface area contributed by atoms with E-state index in [4.69, 9.17) is 0 Å². The van der Waals surface area contributed by atoms with Crippen LogP contribution < -0.4 is 4.90 Å². The molecule has 1 heterocycles. The van der Waals surface area contributed by atoms with E-state index < -0.39 is 5.97 Å². The van der Waals surface area contributed by atoms with Crippen LogP contribution in [0.15, 0.2) is 54.6 Å². The first-order chi connectivity index (χ1) is 10.1. The quantitative estimate of drug-likeness (QED) is 0.936. The molecule has 2 aromatic rings. The molecule has 0 bridgehead atoms. The number of carbonyl (C=O) groups is 1. The molecule has 0 fully saturated rings. The maximum atomic E-state index is 11.4. The summed E-state index contributed by atoms with van der Waals surface area (Å²) in [6.07, 6.45) is 0.907. The van der Waals surface area contributed by atoms with Gasteiger partial charge >= 0.3 is 5.97 Å². The van der Waals surface area contributed by atoms with Crippen LogP contribution in [0.3, 0.4) is 0 Å². The van der Waals surface area contributed by atoms with E-state index in [0.717, 1.165) is 24.2 Å². The average Bonchev–Trinajstić information content (AvgIpc) is 2.72. The Bertz CT molecular complexity index is 653. The van der Waals surface area contributed by atoms with Crippen molar-refractivity contribution in [1.82, 2.24) is 0 Å². The van der Waals surface area contributed by atoms with Gasteiger partial charge in [-0.2, -0.15) is 0 Å². The molecule has 21 heavy (non-hydrogen) atoms. The minimum atomic E-state index is -0.740. The van der Waals surface area contributed by atoms with Crippen molar-refractivity contribution in [3.63, 3.8) is 0 Å². The van der Waals surface area contributed by atoms with Crippen LogP contribution in [0, 0.1) is 0 Å². The third-order valence-corrected chi connectivity index (χ3v) is 4.30. The lowest BCUT2D eigenvalue weighted by atomic mass is 9.74. The first-order valence-corrected chi connectivity index (χ1v) is 7.17. The van der Waals surface area contributed by atoms with Gasteiger partial charge in [0.2, 0.25) is 0 Å². The summed E-state index contributed by atoms with van der Waals surface area (Å²) < 4.78 is 0. The fourth-order valence-electron chi connectivity index (χ4n) is 3.52. The van der Waals surface area contributed by atoms with E-state index >= 15 is 0 Å². The molecule has 1 aliphatic heterocycles. The Morgan fingerprint density at radius 2 is 1.81 bits per heavy atom. The molecule has 0 spiro atoms. The van der Waals surface area contributed by atoms with E-state index in [-0.39, 0.29) is 11.8 Å². The lowest BCUT2D eigenvalue weighted by Crippen LogP contribution is -2.36. The minimum absolute atomic E-state index is 0.156. The van der Waals surface area contributed by atoms with Crippen molar-refractivity contribution >= 4 is 11.7 Å². The topological polar surface area (TPSA) is 40.5 Å². The number of carboxylic acid groups (broad SMARTS) is 1. The zero-order valence-electron chi connectivity index (χ0n) is 12.1. The van der Waals surface area contributed by atoms with Crippen LogP contribution in [0.5, 0.6) is 0 Å². The number of fused-ring (bicyclic) bond motifs is 1.